The standard InChI is InChI=1S/C18H23ClN4O/c1-11-22(2)14-9-20-16(19)21-15(14)23(11)17-5-12-4-13(6-17)8-18(7-12,10-17)24-3/h9,12-13H,1,4-8,10H2,2-3H3. The normalized spacial score (nSPS) is 39.7. The quantitative estimate of drug-likeness (QED) is 0.765. The van der Waals surface area contributed by atoms with Crippen LogP contribution in [-0.2, 0) is 4.74 Å². The lowest BCUT2D eigenvalue weighted by molar-refractivity contribution is -0.153. The lowest BCUT2D eigenvalue weighted by Crippen LogP contribution is -2.66. The molecular formula is C18H23ClN4O. The number of rotatable bonds is 2. The third-order valence-electron chi connectivity index (χ3n) is 6.82. The molecule has 2 unspecified atom stereocenters. The lowest BCUT2D eigenvalue weighted by atomic mass is 9.50. The van der Waals surface area contributed by atoms with Gasteiger partial charge in [0.1, 0.15) is 11.5 Å². The molecule has 0 N–H and O–H groups in total. The van der Waals surface area contributed by atoms with E-state index in [9.17, 15) is 0 Å². The van der Waals surface area contributed by atoms with Gasteiger partial charge in [0, 0.05) is 20.6 Å². The molecule has 0 saturated heterocycles. The smallest absolute Gasteiger partial charge is 0.224 e. The van der Waals surface area contributed by atoms with Gasteiger partial charge in [-0.3, -0.25) is 0 Å². The van der Waals surface area contributed by atoms with Crippen molar-refractivity contribution in [2.75, 3.05) is 24.0 Å². The molecule has 128 valence electrons. The maximum Gasteiger partial charge on any atom is 0.224 e. The molecule has 4 fully saturated rings. The number of aromatic nitrogens is 2. The molecule has 4 saturated carbocycles. The van der Waals surface area contributed by atoms with E-state index < -0.39 is 0 Å². The van der Waals surface area contributed by atoms with Gasteiger partial charge in [-0.15, -0.1) is 0 Å². The minimum Gasteiger partial charge on any atom is -0.378 e. The summed E-state index contributed by atoms with van der Waals surface area (Å²) < 4.78 is 6.08. The third kappa shape index (κ3) is 1.80. The van der Waals surface area contributed by atoms with Crippen molar-refractivity contribution in [2.24, 2.45) is 11.8 Å². The van der Waals surface area contributed by atoms with Gasteiger partial charge in [-0.1, -0.05) is 6.58 Å². The summed E-state index contributed by atoms with van der Waals surface area (Å²) in [6.07, 6.45) is 9.01. The second kappa shape index (κ2) is 4.64. The summed E-state index contributed by atoms with van der Waals surface area (Å²) in [5, 5.41) is 0.299. The third-order valence-corrected chi connectivity index (χ3v) is 7.01. The van der Waals surface area contributed by atoms with E-state index in [4.69, 9.17) is 16.3 Å². The summed E-state index contributed by atoms with van der Waals surface area (Å²) in [5.74, 6) is 3.38. The number of halogens is 1. The molecule has 6 heteroatoms. The number of hydrogen-bond donors (Lipinski definition) is 0. The molecule has 2 atom stereocenters. The van der Waals surface area contributed by atoms with Crippen molar-refractivity contribution in [3.05, 3.63) is 23.9 Å². The second-order valence-corrected chi connectivity index (χ2v) is 8.57. The predicted molar refractivity (Wildman–Crippen MR) is 94.2 cm³/mol. The molecule has 2 heterocycles. The minimum absolute atomic E-state index is 0.0303. The first-order valence-electron chi connectivity index (χ1n) is 8.76. The van der Waals surface area contributed by atoms with Crippen molar-refractivity contribution < 1.29 is 4.74 Å². The van der Waals surface area contributed by atoms with E-state index in [0.29, 0.717) is 5.28 Å². The lowest BCUT2D eigenvalue weighted by Gasteiger charge is -2.63. The summed E-state index contributed by atoms with van der Waals surface area (Å²) in [7, 11) is 3.92. The first kappa shape index (κ1) is 15.0. The summed E-state index contributed by atoms with van der Waals surface area (Å²) in [4.78, 5) is 13.2. The number of anilines is 2. The van der Waals surface area contributed by atoms with E-state index in [1.165, 1.54) is 32.1 Å². The molecule has 24 heavy (non-hydrogen) atoms. The highest BCUT2D eigenvalue weighted by atomic mass is 35.5. The fourth-order valence-corrected chi connectivity index (χ4v) is 6.42. The van der Waals surface area contributed by atoms with Gasteiger partial charge in [0.25, 0.3) is 0 Å². The number of methoxy groups -OCH3 is 1. The fourth-order valence-electron chi connectivity index (χ4n) is 6.29. The van der Waals surface area contributed by atoms with Crippen molar-refractivity contribution >= 4 is 23.1 Å². The molecule has 1 aromatic heterocycles. The van der Waals surface area contributed by atoms with Crippen LogP contribution in [0.5, 0.6) is 0 Å². The molecular weight excluding hydrogens is 324 g/mol. The van der Waals surface area contributed by atoms with E-state index in [2.05, 4.69) is 26.3 Å². The van der Waals surface area contributed by atoms with E-state index in [-0.39, 0.29) is 11.1 Å². The zero-order valence-corrected chi connectivity index (χ0v) is 15.0. The monoisotopic (exact) mass is 346 g/mol. The molecule has 4 bridgehead atoms. The molecule has 1 aliphatic heterocycles. The van der Waals surface area contributed by atoms with Crippen LogP contribution in [0, 0.1) is 11.8 Å². The van der Waals surface area contributed by atoms with Crippen molar-refractivity contribution in [1.29, 1.82) is 0 Å². The topological polar surface area (TPSA) is 41.5 Å². The number of ether oxygens (including phenoxy) is 1. The Labute approximate surface area is 147 Å². The average molecular weight is 347 g/mol. The van der Waals surface area contributed by atoms with Crippen LogP contribution in [0.15, 0.2) is 18.6 Å². The maximum atomic E-state index is 6.12. The predicted octanol–water partition coefficient (Wildman–Crippen LogP) is 3.60. The van der Waals surface area contributed by atoms with Gasteiger partial charge in [0.2, 0.25) is 5.28 Å². The molecule has 4 aliphatic carbocycles. The zero-order chi connectivity index (χ0) is 16.7. The van der Waals surface area contributed by atoms with Crippen molar-refractivity contribution in [1.82, 2.24) is 9.97 Å². The number of hydrogen-bond acceptors (Lipinski definition) is 5. The Kier molecular flexibility index (Phi) is 2.89. The van der Waals surface area contributed by atoms with Crippen LogP contribution in [0.3, 0.4) is 0 Å². The van der Waals surface area contributed by atoms with Gasteiger partial charge in [0.05, 0.1) is 17.3 Å². The Morgan fingerprint density at radius 2 is 2.00 bits per heavy atom. The minimum atomic E-state index is 0.0303. The highest BCUT2D eigenvalue weighted by Gasteiger charge is 2.62. The van der Waals surface area contributed by atoms with Crippen molar-refractivity contribution in [2.45, 2.75) is 49.7 Å². The van der Waals surface area contributed by atoms with E-state index >= 15 is 0 Å². The van der Waals surface area contributed by atoms with Crippen LogP contribution in [-0.4, -0.2) is 35.3 Å². The number of fused-ring (bicyclic) bond motifs is 1. The molecule has 0 radical (unpaired) electrons. The Hall–Kier alpha value is -1.33. The van der Waals surface area contributed by atoms with Crippen LogP contribution in [0.25, 0.3) is 0 Å². The Balaban J connectivity index is 1.64. The van der Waals surface area contributed by atoms with Crippen LogP contribution >= 0.6 is 11.6 Å². The molecule has 0 spiro atoms. The maximum absolute atomic E-state index is 6.12. The summed E-state index contributed by atoms with van der Waals surface area (Å²) in [5.41, 5.74) is 1.07. The van der Waals surface area contributed by atoms with Crippen LogP contribution in [0.1, 0.15) is 38.5 Å². The number of nitrogens with zero attached hydrogens (tertiary/aromatic N) is 4. The molecule has 0 amide bonds. The van der Waals surface area contributed by atoms with Gasteiger partial charge in [-0.25, -0.2) is 4.98 Å². The highest BCUT2D eigenvalue weighted by Crippen LogP contribution is 2.63. The van der Waals surface area contributed by atoms with E-state index in [1.54, 1.807) is 0 Å². The van der Waals surface area contributed by atoms with Crippen molar-refractivity contribution in [3.63, 3.8) is 0 Å². The highest BCUT2D eigenvalue weighted by molar-refractivity contribution is 6.28. The molecule has 5 nitrogen and oxygen atoms in total. The molecule has 5 aliphatic rings. The van der Waals surface area contributed by atoms with E-state index in [1.807, 2.05) is 20.4 Å². The van der Waals surface area contributed by atoms with Gasteiger partial charge in [-0.05, 0) is 55.5 Å². The van der Waals surface area contributed by atoms with E-state index in [0.717, 1.165) is 35.6 Å². The molecule has 1 aromatic rings. The van der Waals surface area contributed by atoms with Crippen molar-refractivity contribution in [3.8, 4) is 0 Å². The van der Waals surface area contributed by atoms with Gasteiger partial charge >= 0.3 is 0 Å². The Morgan fingerprint density at radius 3 is 2.67 bits per heavy atom. The molecule has 0 aromatic carbocycles. The Bertz CT molecular complexity index is 722. The first-order chi connectivity index (χ1) is 11.5. The summed E-state index contributed by atoms with van der Waals surface area (Å²) in [6.45, 7) is 4.37. The fraction of sp³-hybridized carbons (Fsp3) is 0.667. The zero-order valence-electron chi connectivity index (χ0n) is 14.3. The average Bonchev–Trinajstić information content (AvgIpc) is 2.77. The van der Waals surface area contributed by atoms with Gasteiger partial charge < -0.3 is 14.5 Å². The van der Waals surface area contributed by atoms with Crippen LogP contribution in [0.4, 0.5) is 11.5 Å². The van der Waals surface area contributed by atoms with Crippen LogP contribution < -0.4 is 9.80 Å². The first-order valence-corrected chi connectivity index (χ1v) is 9.14. The Morgan fingerprint density at radius 1 is 1.29 bits per heavy atom. The summed E-state index contributed by atoms with van der Waals surface area (Å²) in [6, 6.07) is 0. The largest absolute Gasteiger partial charge is 0.378 e. The summed E-state index contributed by atoms with van der Waals surface area (Å²) >= 11 is 6.12. The van der Waals surface area contributed by atoms with Gasteiger partial charge in [0.15, 0.2) is 5.82 Å². The molecule has 6 rings (SSSR count). The SMILES string of the molecule is C=C1N(C)c2cnc(Cl)nc2N1C12CC3CC(CC(OC)(C3)C1)C2. The van der Waals surface area contributed by atoms with Crippen LogP contribution in [0.2, 0.25) is 5.28 Å². The second-order valence-electron chi connectivity index (χ2n) is 8.23. The van der Waals surface area contributed by atoms with Gasteiger partial charge in [-0.2, -0.15) is 4.98 Å².